The molecular formula is C9H16F3O3PSi. The molecule has 17 heavy (non-hydrogen) atoms. The summed E-state index contributed by atoms with van der Waals surface area (Å²) in [4.78, 5) is 0. The van der Waals surface area contributed by atoms with Gasteiger partial charge in [-0.3, -0.25) is 4.57 Å². The molecule has 0 unspecified atom stereocenters. The summed E-state index contributed by atoms with van der Waals surface area (Å²) in [5, 5.41) is 0. The highest BCUT2D eigenvalue weighted by Crippen LogP contribution is 2.49. The maximum absolute atomic E-state index is 12.1. The Morgan fingerprint density at radius 1 is 1.12 bits per heavy atom. The molecule has 0 heterocycles. The number of hydrogen-bond acceptors (Lipinski definition) is 3. The van der Waals surface area contributed by atoms with Crippen molar-refractivity contribution in [2.75, 3.05) is 19.4 Å². The molecule has 100 valence electrons. The first-order chi connectivity index (χ1) is 7.83. The minimum absolute atomic E-state index is 0.0160. The van der Waals surface area contributed by atoms with Gasteiger partial charge in [0.15, 0.2) is 0 Å². The van der Waals surface area contributed by atoms with Crippen molar-refractivity contribution in [3.05, 3.63) is 25.3 Å². The fourth-order valence-corrected chi connectivity index (χ4v) is 3.39. The summed E-state index contributed by atoms with van der Waals surface area (Å²) in [5.41, 5.74) is 0. The van der Waals surface area contributed by atoms with E-state index in [1.54, 1.807) is 0 Å². The molecule has 0 saturated carbocycles. The smallest absolute Gasteiger partial charge is 0.304 e. The summed E-state index contributed by atoms with van der Waals surface area (Å²) in [6.45, 7) is 6.71. The van der Waals surface area contributed by atoms with Crippen molar-refractivity contribution in [1.29, 1.82) is 0 Å². The quantitative estimate of drug-likeness (QED) is 0.265. The molecule has 0 amide bonds. The van der Waals surface area contributed by atoms with E-state index in [1.165, 1.54) is 12.2 Å². The fraction of sp³-hybridized carbons (Fsp3) is 0.556. The summed E-state index contributed by atoms with van der Waals surface area (Å²) >= 11 is 0. The standard InChI is InChI=1S/C9H16F3O3PSi/c1-3-6-14-16(13,15-7-4-2)8-5-9-17(10,11)12/h3-4H,1-2,5-9H2. The van der Waals surface area contributed by atoms with Crippen LogP contribution in [0.3, 0.4) is 0 Å². The number of halogens is 3. The van der Waals surface area contributed by atoms with E-state index < -0.39 is 22.7 Å². The zero-order chi connectivity index (χ0) is 13.4. The lowest BCUT2D eigenvalue weighted by atomic mass is 10.6. The summed E-state index contributed by atoms with van der Waals surface area (Å²) in [5.74, 6) is 0. The molecule has 0 atom stereocenters. The lowest BCUT2D eigenvalue weighted by Gasteiger charge is -2.16. The van der Waals surface area contributed by atoms with Crippen LogP contribution >= 0.6 is 7.60 Å². The first kappa shape index (κ1) is 16.6. The van der Waals surface area contributed by atoms with Crippen molar-refractivity contribution in [3.63, 3.8) is 0 Å². The van der Waals surface area contributed by atoms with Gasteiger partial charge in [0, 0.05) is 6.04 Å². The molecule has 0 saturated heterocycles. The van der Waals surface area contributed by atoms with E-state index in [1.807, 2.05) is 0 Å². The molecule has 0 aliphatic rings. The first-order valence-electron chi connectivity index (χ1n) is 4.99. The van der Waals surface area contributed by atoms with Gasteiger partial charge in [-0.2, -0.15) is 0 Å². The third-order valence-corrected chi connectivity index (χ3v) is 4.54. The predicted octanol–water partition coefficient (Wildman–Crippen LogP) is 3.82. The van der Waals surface area contributed by atoms with Crippen molar-refractivity contribution < 1.29 is 25.9 Å². The second-order valence-corrected chi connectivity index (χ2v) is 7.14. The van der Waals surface area contributed by atoms with Crippen LogP contribution in [0.2, 0.25) is 6.04 Å². The second kappa shape index (κ2) is 7.87. The Hall–Kier alpha value is -0.363. The molecular weight excluding hydrogens is 272 g/mol. The Morgan fingerprint density at radius 3 is 1.94 bits per heavy atom. The Balaban J connectivity index is 4.22. The largest absolute Gasteiger partial charge is 0.616 e. The first-order valence-corrected chi connectivity index (χ1v) is 8.56. The summed E-state index contributed by atoms with van der Waals surface area (Å²) < 4.78 is 58.0. The molecule has 0 radical (unpaired) electrons. The van der Waals surface area contributed by atoms with E-state index in [0.29, 0.717) is 0 Å². The van der Waals surface area contributed by atoms with Gasteiger partial charge in [0.05, 0.1) is 19.4 Å². The number of rotatable bonds is 10. The van der Waals surface area contributed by atoms with Crippen molar-refractivity contribution in [2.24, 2.45) is 0 Å². The Morgan fingerprint density at radius 2 is 1.59 bits per heavy atom. The van der Waals surface area contributed by atoms with Crippen LogP contribution in [0.5, 0.6) is 0 Å². The van der Waals surface area contributed by atoms with Crippen molar-refractivity contribution in [2.45, 2.75) is 12.5 Å². The van der Waals surface area contributed by atoms with Gasteiger partial charge in [-0.25, -0.2) is 12.3 Å². The molecule has 3 nitrogen and oxygen atoms in total. The highest BCUT2D eigenvalue weighted by Gasteiger charge is 2.37. The van der Waals surface area contributed by atoms with Crippen LogP contribution in [-0.2, 0) is 13.6 Å². The third kappa shape index (κ3) is 9.35. The van der Waals surface area contributed by atoms with E-state index in [4.69, 9.17) is 9.05 Å². The van der Waals surface area contributed by atoms with Crippen molar-refractivity contribution in [1.82, 2.24) is 0 Å². The highest BCUT2D eigenvalue weighted by atomic mass is 31.2. The molecule has 0 aromatic carbocycles. The van der Waals surface area contributed by atoms with Crippen LogP contribution in [0.15, 0.2) is 25.3 Å². The summed E-state index contributed by atoms with van der Waals surface area (Å²) in [6.07, 6.45) is 2.26. The average molecular weight is 288 g/mol. The van der Waals surface area contributed by atoms with Crippen LogP contribution < -0.4 is 0 Å². The zero-order valence-corrected chi connectivity index (χ0v) is 11.3. The molecule has 0 aromatic heterocycles. The van der Waals surface area contributed by atoms with Crippen LogP contribution in [0.25, 0.3) is 0 Å². The Kier molecular flexibility index (Phi) is 7.70. The van der Waals surface area contributed by atoms with Gasteiger partial charge in [0.25, 0.3) is 0 Å². The van der Waals surface area contributed by atoms with Gasteiger partial charge in [0.2, 0.25) is 0 Å². The molecule has 0 bridgehead atoms. The molecule has 8 heteroatoms. The lowest BCUT2D eigenvalue weighted by molar-refractivity contribution is 0.237. The Labute approximate surface area is 100 Å². The molecule has 0 rings (SSSR count). The maximum atomic E-state index is 12.1. The van der Waals surface area contributed by atoms with Gasteiger partial charge in [-0.05, 0) is 6.42 Å². The minimum atomic E-state index is -5.59. The normalized spacial score (nSPS) is 12.4. The fourth-order valence-electron chi connectivity index (χ4n) is 0.972. The monoisotopic (exact) mass is 288 g/mol. The van der Waals surface area contributed by atoms with E-state index in [-0.39, 0.29) is 25.8 Å². The van der Waals surface area contributed by atoms with Crippen LogP contribution in [0.1, 0.15) is 6.42 Å². The van der Waals surface area contributed by atoms with Gasteiger partial charge < -0.3 is 9.05 Å². The average Bonchev–Trinajstić information content (AvgIpc) is 2.22. The van der Waals surface area contributed by atoms with E-state index >= 15 is 0 Å². The summed E-state index contributed by atoms with van der Waals surface area (Å²) in [6, 6.07) is -0.869. The topological polar surface area (TPSA) is 35.5 Å². The van der Waals surface area contributed by atoms with E-state index in [2.05, 4.69) is 13.2 Å². The van der Waals surface area contributed by atoms with Crippen molar-refractivity contribution >= 4 is 16.7 Å². The molecule has 0 aromatic rings. The van der Waals surface area contributed by atoms with Gasteiger partial charge in [0.1, 0.15) is 0 Å². The number of hydrogen-bond donors (Lipinski definition) is 0. The minimum Gasteiger partial charge on any atom is -0.304 e. The van der Waals surface area contributed by atoms with Crippen LogP contribution in [-0.4, -0.2) is 28.5 Å². The van der Waals surface area contributed by atoms with Gasteiger partial charge in [-0.1, -0.05) is 12.2 Å². The molecule has 0 aliphatic carbocycles. The second-order valence-electron chi connectivity index (χ2n) is 3.22. The van der Waals surface area contributed by atoms with E-state index in [0.717, 1.165) is 0 Å². The van der Waals surface area contributed by atoms with Crippen LogP contribution in [0, 0.1) is 0 Å². The zero-order valence-electron chi connectivity index (χ0n) is 9.41. The Bertz CT molecular complexity index is 278. The van der Waals surface area contributed by atoms with Crippen LogP contribution in [0.4, 0.5) is 12.3 Å². The molecule has 0 fully saturated rings. The highest BCUT2D eigenvalue weighted by molar-refractivity contribution is 7.53. The van der Waals surface area contributed by atoms with Crippen molar-refractivity contribution in [3.8, 4) is 0 Å². The molecule has 0 N–H and O–H groups in total. The lowest BCUT2D eigenvalue weighted by Crippen LogP contribution is -2.15. The van der Waals surface area contributed by atoms with Gasteiger partial charge >= 0.3 is 16.7 Å². The predicted molar refractivity (Wildman–Crippen MR) is 63.3 cm³/mol. The maximum Gasteiger partial charge on any atom is 0.616 e. The molecule has 0 aliphatic heterocycles. The summed E-state index contributed by atoms with van der Waals surface area (Å²) in [7, 11) is -9.05. The third-order valence-electron chi connectivity index (χ3n) is 1.67. The molecule has 0 spiro atoms. The van der Waals surface area contributed by atoms with E-state index in [9.17, 15) is 16.9 Å². The van der Waals surface area contributed by atoms with Gasteiger partial charge in [-0.15, -0.1) is 13.2 Å². The SMILES string of the molecule is C=CCOP(=O)(CCC[Si](F)(F)F)OCC=C.